The molecule has 0 fully saturated rings. The highest BCUT2D eigenvalue weighted by atomic mass is 32.2. The van der Waals surface area contributed by atoms with Crippen molar-refractivity contribution in [1.29, 1.82) is 0 Å². The van der Waals surface area contributed by atoms with Crippen LogP contribution in [0.15, 0.2) is 28.5 Å². The van der Waals surface area contributed by atoms with E-state index in [-0.39, 0.29) is 9.09 Å². The Kier molecular flexibility index (Phi) is 4.38. The molecular weight excluding hydrogens is 286 g/mol. The largest absolute Gasteiger partial charge is 0.477 e. The van der Waals surface area contributed by atoms with Crippen LogP contribution in [0.1, 0.15) is 28.9 Å². The predicted molar refractivity (Wildman–Crippen MR) is 72.9 cm³/mol. The summed E-state index contributed by atoms with van der Waals surface area (Å²) >= 11 is 0.771. The van der Waals surface area contributed by atoms with Crippen molar-refractivity contribution in [3.63, 3.8) is 0 Å². The molecule has 0 bridgehead atoms. The molecule has 0 saturated carbocycles. The van der Waals surface area contributed by atoms with Crippen LogP contribution in [0.3, 0.4) is 0 Å². The summed E-state index contributed by atoms with van der Waals surface area (Å²) in [5, 5.41) is 8.79. The molecule has 1 heterocycles. The van der Waals surface area contributed by atoms with Gasteiger partial charge in [-0.25, -0.2) is 17.9 Å². The van der Waals surface area contributed by atoms with Crippen molar-refractivity contribution in [2.24, 2.45) is 5.92 Å². The third-order valence-electron chi connectivity index (χ3n) is 3.00. The first-order chi connectivity index (χ1) is 8.99. The maximum Gasteiger partial charge on any atom is 0.345 e. The van der Waals surface area contributed by atoms with Gasteiger partial charge in [-0.3, -0.25) is 0 Å². The van der Waals surface area contributed by atoms with E-state index in [9.17, 15) is 13.2 Å². The zero-order chi connectivity index (χ0) is 13.9. The molecule has 1 aromatic heterocycles. The third kappa shape index (κ3) is 3.65. The van der Waals surface area contributed by atoms with Crippen LogP contribution in [0.2, 0.25) is 0 Å². The summed E-state index contributed by atoms with van der Waals surface area (Å²) in [7, 11) is -3.59. The van der Waals surface area contributed by atoms with Gasteiger partial charge in [0.2, 0.25) is 10.0 Å². The number of hydrogen-bond acceptors (Lipinski definition) is 4. The molecule has 7 heteroatoms. The molecule has 104 valence electrons. The first-order valence-electron chi connectivity index (χ1n) is 5.97. The van der Waals surface area contributed by atoms with Gasteiger partial charge in [0.05, 0.1) is 0 Å². The SMILES string of the molecule is O=C(O)c1ccc(S(=O)(=O)NCC2CC=CCC2)s1. The van der Waals surface area contributed by atoms with Gasteiger partial charge in [0.25, 0.3) is 0 Å². The fourth-order valence-electron chi connectivity index (χ4n) is 1.92. The molecule has 5 nitrogen and oxygen atoms in total. The molecule has 1 aliphatic carbocycles. The van der Waals surface area contributed by atoms with E-state index in [1.807, 2.05) is 0 Å². The Balaban J connectivity index is 2.01. The van der Waals surface area contributed by atoms with Gasteiger partial charge in [-0.1, -0.05) is 12.2 Å². The minimum atomic E-state index is -3.59. The van der Waals surface area contributed by atoms with E-state index in [4.69, 9.17) is 5.11 Å². The molecule has 1 unspecified atom stereocenters. The zero-order valence-electron chi connectivity index (χ0n) is 10.2. The first-order valence-corrected chi connectivity index (χ1v) is 8.27. The molecule has 1 aliphatic rings. The van der Waals surface area contributed by atoms with Crippen molar-refractivity contribution >= 4 is 27.3 Å². The second kappa shape index (κ2) is 5.85. The smallest absolute Gasteiger partial charge is 0.345 e. The maximum atomic E-state index is 12.0. The minimum Gasteiger partial charge on any atom is -0.477 e. The van der Waals surface area contributed by atoms with Crippen molar-refractivity contribution in [3.05, 3.63) is 29.2 Å². The number of hydrogen-bond donors (Lipinski definition) is 2. The molecule has 0 aromatic carbocycles. The van der Waals surface area contributed by atoms with Gasteiger partial charge in [0, 0.05) is 6.54 Å². The number of sulfonamides is 1. The van der Waals surface area contributed by atoms with Gasteiger partial charge in [0.1, 0.15) is 9.09 Å². The van der Waals surface area contributed by atoms with Crippen LogP contribution in [0.25, 0.3) is 0 Å². The van der Waals surface area contributed by atoms with E-state index in [1.54, 1.807) is 0 Å². The number of carboxylic acids is 1. The molecule has 0 saturated heterocycles. The fourth-order valence-corrected chi connectivity index (χ4v) is 4.23. The lowest BCUT2D eigenvalue weighted by Gasteiger charge is -2.17. The molecule has 1 atom stereocenters. The van der Waals surface area contributed by atoms with Crippen LogP contribution in [0.4, 0.5) is 0 Å². The first kappa shape index (κ1) is 14.2. The van der Waals surface area contributed by atoms with Crippen molar-refractivity contribution in [3.8, 4) is 0 Å². The summed E-state index contributed by atoms with van der Waals surface area (Å²) in [5.41, 5.74) is 0. The Labute approximate surface area is 116 Å². The molecule has 0 aliphatic heterocycles. The van der Waals surface area contributed by atoms with Crippen LogP contribution in [-0.2, 0) is 10.0 Å². The molecule has 0 spiro atoms. The van der Waals surface area contributed by atoms with Crippen LogP contribution < -0.4 is 4.72 Å². The standard InChI is InChI=1S/C12H15NO4S2/c14-12(15)10-6-7-11(18-10)19(16,17)13-8-9-4-2-1-3-5-9/h1-2,6-7,9,13H,3-5,8H2,(H,14,15). The summed E-state index contributed by atoms with van der Waals surface area (Å²) in [6.45, 7) is 0.396. The average molecular weight is 301 g/mol. The molecule has 2 rings (SSSR count). The van der Waals surface area contributed by atoms with E-state index in [1.165, 1.54) is 12.1 Å². The quantitative estimate of drug-likeness (QED) is 0.816. The predicted octanol–water partition coefficient (Wildman–Crippen LogP) is 2.08. The molecule has 19 heavy (non-hydrogen) atoms. The van der Waals surface area contributed by atoms with Crippen molar-refractivity contribution in [2.75, 3.05) is 6.54 Å². The van der Waals surface area contributed by atoms with Crippen LogP contribution in [0, 0.1) is 5.92 Å². The molecule has 0 radical (unpaired) electrons. The van der Waals surface area contributed by atoms with Gasteiger partial charge in [0.15, 0.2) is 0 Å². The summed E-state index contributed by atoms with van der Waals surface area (Å²) in [5.74, 6) is -0.789. The summed E-state index contributed by atoms with van der Waals surface area (Å²) in [6, 6.07) is 2.64. The molecule has 0 amide bonds. The fraction of sp³-hybridized carbons (Fsp3) is 0.417. The van der Waals surface area contributed by atoms with Gasteiger partial charge in [-0.15, -0.1) is 11.3 Å². The average Bonchev–Trinajstić information content (AvgIpc) is 2.88. The number of rotatable bonds is 5. The lowest BCUT2D eigenvalue weighted by molar-refractivity contribution is 0.0702. The summed E-state index contributed by atoms with van der Waals surface area (Å²) in [4.78, 5) is 10.8. The Morgan fingerprint density at radius 3 is 2.79 bits per heavy atom. The van der Waals surface area contributed by atoms with Gasteiger partial charge in [-0.05, 0) is 37.3 Å². The van der Waals surface area contributed by atoms with Crippen LogP contribution in [-0.4, -0.2) is 26.0 Å². The van der Waals surface area contributed by atoms with Crippen LogP contribution in [0.5, 0.6) is 0 Å². The number of allylic oxidation sites excluding steroid dienone is 2. The highest BCUT2D eigenvalue weighted by Gasteiger charge is 2.20. The Hall–Kier alpha value is -1.18. The van der Waals surface area contributed by atoms with Crippen molar-refractivity contribution in [1.82, 2.24) is 4.72 Å². The highest BCUT2D eigenvalue weighted by molar-refractivity contribution is 7.91. The van der Waals surface area contributed by atoms with Crippen LogP contribution >= 0.6 is 11.3 Å². The highest BCUT2D eigenvalue weighted by Crippen LogP contribution is 2.22. The minimum absolute atomic E-state index is 0.0287. The monoisotopic (exact) mass is 301 g/mol. The Morgan fingerprint density at radius 1 is 1.42 bits per heavy atom. The third-order valence-corrected chi connectivity index (χ3v) is 5.99. The number of nitrogens with one attached hydrogen (secondary N) is 1. The summed E-state index contributed by atoms with van der Waals surface area (Å²) < 4.78 is 26.6. The molecular formula is C12H15NO4S2. The second-order valence-corrected chi connectivity index (χ2v) is 7.50. The number of carbonyl (C=O) groups is 1. The van der Waals surface area contributed by atoms with Gasteiger partial charge in [-0.2, -0.15) is 0 Å². The molecule has 2 N–H and O–H groups in total. The number of aromatic carboxylic acids is 1. The van der Waals surface area contributed by atoms with E-state index < -0.39 is 16.0 Å². The maximum absolute atomic E-state index is 12.0. The van der Waals surface area contributed by atoms with Gasteiger partial charge < -0.3 is 5.11 Å². The van der Waals surface area contributed by atoms with Crippen molar-refractivity contribution in [2.45, 2.75) is 23.5 Å². The Bertz CT molecular complexity index is 589. The number of thiophene rings is 1. The topological polar surface area (TPSA) is 83.5 Å². The number of carboxylic acid groups (broad SMARTS) is 1. The lowest BCUT2D eigenvalue weighted by atomic mass is 9.95. The second-order valence-electron chi connectivity index (χ2n) is 4.43. The normalized spacial score (nSPS) is 19.5. The molecule has 1 aromatic rings. The van der Waals surface area contributed by atoms with Crippen molar-refractivity contribution < 1.29 is 18.3 Å². The van der Waals surface area contributed by atoms with E-state index in [2.05, 4.69) is 16.9 Å². The van der Waals surface area contributed by atoms with E-state index in [0.29, 0.717) is 12.5 Å². The van der Waals surface area contributed by atoms with Gasteiger partial charge >= 0.3 is 5.97 Å². The summed E-state index contributed by atoms with van der Waals surface area (Å²) in [6.07, 6.45) is 7.01. The Morgan fingerprint density at radius 2 is 2.21 bits per heavy atom. The lowest BCUT2D eigenvalue weighted by Crippen LogP contribution is -2.29. The van der Waals surface area contributed by atoms with E-state index in [0.717, 1.165) is 30.6 Å². The zero-order valence-corrected chi connectivity index (χ0v) is 11.8. The van der Waals surface area contributed by atoms with E-state index >= 15 is 0 Å².